The molecule has 1 amide bonds. The molecule has 6 nitrogen and oxygen atoms in total. The second kappa shape index (κ2) is 8.00. The van der Waals surface area contributed by atoms with Gasteiger partial charge in [0.05, 0.1) is 24.5 Å². The van der Waals surface area contributed by atoms with Gasteiger partial charge in [0, 0.05) is 37.3 Å². The van der Waals surface area contributed by atoms with Gasteiger partial charge in [0.25, 0.3) is 5.91 Å². The van der Waals surface area contributed by atoms with E-state index < -0.39 is 6.10 Å². The molecular formula is C19H23N3O3. The first-order valence-corrected chi connectivity index (χ1v) is 8.34. The molecule has 1 fully saturated rings. The van der Waals surface area contributed by atoms with Crippen LogP contribution in [0.1, 0.15) is 10.4 Å². The van der Waals surface area contributed by atoms with E-state index in [1.807, 2.05) is 42.5 Å². The summed E-state index contributed by atoms with van der Waals surface area (Å²) < 4.78 is 5.23. The van der Waals surface area contributed by atoms with E-state index >= 15 is 0 Å². The van der Waals surface area contributed by atoms with Crippen LogP contribution in [0.4, 0.5) is 11.4 Å². The maximum atomic E-state index is 12.6. The minimum atomic E-state index is -0.412. The zero-order valence-corrected chi connectivity index (χ0v) is 14.2. The van der Waals surface area contributed by atoms with Gasteiger partial charge in [0.1, 0.15) is 5.75 Å². The number of hydrogen-bond acceptors (Lipinski definition) is 5. The average Bonchev–Trinajstić information content (AvgIpc) is 3.05. The minimum Gasteiger partial charge on any atom is -0.497 e. The van der Waals surface area contributed by atoms with Crippen LogP contribution in [0.5, 0.6) is 5.75 Å². The molecule has 1 heterocycles. The summed E-state index contributed by atoms with van der Waals surface area (Å²) in [5.41, 5.74) is 2.12. The number of ether oxygens (including phenoxy) is 1. The van der Waals surface area contributed by atoms with E-state index in [2.05, 4.69) is 16.0 Å². The van der Waals surface area contributed by atoms with Crippen LogP contribution in [0.25, 0.3) is 0 Å². The summed E-state index contributed by atoms with van der Waals surface area (Å²) >= 11 is 0. The van der Waals surface area contributed by atoms with E-state index in [0.717, 1.165) is 17.1 Å². The number of β-amino-alcohol motifs (C(OH)–C–C–N with tert-alkyl or cyclic N) is 1. The number of anilines is 2. The van der Waals surface area contributed by atoms with E-state index in [1.54, 1.807) is 13.2 Å². The van der Waals surface area contributed by atoms with Crippen LogP contribution in [0.2, 0.25) is 0 Å². The molecule has 132 valence electrons. The van der Waals surface area contributed by atoms with Gasteiger partial charge in [0.15, 0.2) is 0 Å². The molecule has 1 aliphatic rings. The number of carbonyl (C=O) groups excluding carboxylic acids is 1. The fourth-order valence-electron chi connectivity index (χ4n) is 2.89. The average molecular weight is 341 g/mol. The van der Waals surface area contributed by atoms with Gasteiger partial charge in [-0.3, -0.25) is 4.79 Å². The van der Waals surface area contributed by atoms with Crippen molar-refractivity contribution in [3.63, 3.8) is 0 Å². The van der Waals surface area contributed by atoms with Crippen molar-refractivity contribution >= 4 is 17.3 Å². The van der Waals surface area contributed by atoms with E-state index in [9.17, 15) is 9.90 Å². The summed E-state index contributed by atoms with van der Waals surface area (Å²) in [5, 5.41) is 19.1. The van der Waals surface area contributed by atoms with Crippen LogP contribution in [0.3, 0.4) is 0 Å². The second-order valence-corrected chi connectivity index (χ2v) is 6.10. The summed E-state index contributed by atoms with van der Waals surface area (Å²) in [5.74, 6) is 0.627. The van der Waals surface area contributed by atoms with Crippen molar-refractivity contribution in [2.45, 2.75) is 6.10 Å². The monoisotopic (exact) mass is 341 g/mol. The molecule has 2 aromatic rings. The SMILES string of the molecule is COc1cccc(Nc2ccccc2C(=O)NCC2CNCC2O)c1. The summed E-state index contributed by atoms with van der Waals surface area (Å²) in [6.45, 7) is 1.74. The van der Waals surface area contributed by atoms with Crippen LogP contribution in [-0.4, -0.2) is 43.9 Å². The first-order chi connectivity index (χ1) is 12.2. The highest BCUT2D eigenvalue weighted by atomic mass is 16.5. The van der Waals surface area contributed by atoms with E-state index in [-0.39, 0.29) is 11.8 Å². The number of para-hydroxylation sites is 1. The molecule has 0 aromatic heterocycles. The molecule has 6 heteroatoms. The van der Waals surface area contributed by atoms with Crippen LogP contribution in [0.15, 0.2) is 48.5 Å². The summed E-state index contributed by atoms with van der Waals surface area (Å²) in [6.07, 6.45) is -0.412. The van der Waals surface area contributed by atoms with Gasteiger partial charge in [-0.25, -0.2) is 0 Å². The maximum Gasteiger partial charge on any atom is 0.253 e. The quantitative estimate of drug-likeness (QED) is 0.643. The van der Waals surface area contributed by atoms with Gasteiger partial charge in [-0.05, 0) is 24.3 Å². The van der Waals surface area contributed by atoms with Crippen molar-refractivity contribution in [2.75, 3.05) is 32.1 Å². The van der Waals surface area contributed by atoms with Gasteiger partial charge in [-0.2, -0.15) is 0 Å². The second-order valence-electron chi connectivity index (χ2n) is 6.10. The fraction of sp³-hybridized carbons (Fsp3) is 0.316. The maximum absolute atomic E-state index is 12.6. The van der Waals surface area contributed by atoms with Gasteiger partial charge >= 0.3 is 0 Å². The highest BCUT2D eigenvalue weighted by molar-refractivity contribution is 6.00. The fourth-order valence-corrected chi connectivity index (χ4v) is 2.89. The van der Waals surface area contributed by atoms with Gasteiger partial charge in [0.2, 0.25) is 0 Å². The number of aliphatic hydroxyl groups is 1. The van der Waals surface area contributed by atoms with Crippen molar-refractivity contribution < 1.29 is 14.6 Å². The summed E-state index contributed by atoms with van der Waals surface area (Å²) in [4.78, 5) is 12.6. The Morgan fingerprint density at radius 2 is 2.08 bits per heavy atom. The normalized spacial score (nSPS) is 19.4. The molecule has 2 atom stereocenters. The highest BCUT2D eigenvalue weighted by Crippen LogP contribution is 2.24. The molecule has 0 radical (unpaired) electrons. The Balaban J connectivity index is 1.70. The van der Waals surface area contributed by atoms with E-state index in [0.29, 0.717) is 25.2 Å². The zero-order chi connectivity index (χ0) is 17.6. The number of benzene rings is 2. The standard InChI is InChI=1S/C19H23N3O3/c1-25-15-6-4-5-14(9-15)22-17-8-3-2-7-16(17)19(24)21-11-13-10-20-12-18(13)23/h2-9,13,18,20,22-23H,10-12H2,1H3,(H,21,24). The number of aliphatic hydroxyl groups excluding tert-OH is 1. The molecule has 2 aromatic carbocycles. The summed E-state index contributed by atoms with van der Waals surface area (Å²) in [6, 6.07) is 14.9. The van der Waals surface area contributed by atoms with Crippen molar-refractivity contribution in [1.29, 1.82) is 0 Å². The molecule has 1 saturated heterocycles. The first-order valence-electron chi connectivity index (χ1n) is 8.34. The Hall–Kier alpha value is -2.57. The number of amides is 1. The van der Waals surface area contributed by atoms with Gasteiger partial charge in [-0.1, -0.05) is 18.2 Å². The summed E-state index contributed by atoms with van der Waals surface area (Å²) in [7, 11) is 1.62. The van der Waals surface area contributed by atoms with Crippen LogP contribution in [-0.2, 0) is 0 Å². The third-order valence-corrected chi connectivity index (χ3v) is 4.35. The molecule has 4 N–H and O–H groups in total. The van der Waals surface area contributed by atoms with Crippen LogP contribution >= 0.6 is 0 Å². The van der Waals surface area contributed by atoms with Gasteiger partial charge in [-0.15, -0.1) is 0 Å². The molecule has 3 rings (SSSR count). The number of carbonyl (C=O) groups is 1. The molecule has 25 heavy (non-hydrogen) atoms. The van der Waals surface area contributed by atoms with Crippen LogP contribution in [0, 0.1) is 5.92 Å². The van der Waals surface area contributed by atoms with Crippen molar-refractivity contribution in [1.82, 2.24) is 10.6 Å². The predicted octanol–water partition coefficient (Wildman–Crippen LogP) is 1.75. The predicted molar refractivity (Wildman–Crippen MR) is 97.4 cm³/mol. The van der Waals surface area contributed by atoms with E-state index in [1.165, 1.54) is 0 Å². The number of methoxy groups -OCH3 is 1. The molecular weight excluding hydrogens is 318 g/mol. The molecule has 0 spiro atoms. The Bertz CT molecular complexity index is 735. The smallest absolute Gasteiger partial charge is 0.253 e. The topological polar surface area (TPSA) is 82.6 Å². The molecule has 0 aliphatic carbocycles. The van der Waals surface area contributed by atoms with Crippen molar-refractivity contribution in [3.05, 3.63) is 54.1 Å². The zero-order valence-electron chi connectivity index (χ0n) is 14.2. The first kappa shape index (κ1) is 17.3. The van der Waals surface area contributed by atoms with Crippen LogP contribution < -0.4 is 20.7 Å². The third-order valence-electron chi connectivity index (χ3n) is 4.35. The molecule has 1 aliphatic heterocycles. The number of hydrogen-bond donors (Lipinski definition) is 4. The Labute approximate surface area is 147 Å². The molecule has 0 saturated carbocycles. The number of rotatable bonds is 6. The number of nitrogens with one attached hydrogen (secondary N) is 3. The van der Waals surface area contributed by atoms with Crippen molar-refractivity contribution in [3.8, 4) is 5.75 Å². The largest absolute Gasteiger partial charge is 0.497 e. The lowest BCUT2D eigenvalue weighted by atomic mass is 10.1. The van der Waals surface area contributed by atoms with Crippen molar-refractivity contribution in [2.24, 2.45) is 5.92 Å². The van der Waals surface area contributed by atoms with E-state index in [4.69, 9.17) is 4.74 Å². The lowest BCUT2D eigenvalue weighted by molar-refractivity contribution is 0.0928. The lowest BCUT2D eigenvalue weighted by Gasteiger charge is -2.16. The Morgan fingerprint density at radius 3 is 2.84 bits per heavy atom. The minimum absolute atomic E-state index is 0.0439. The Morgan fingerprint density at radius 1 is 1.24 bits per heavy atom. The lowest BCUT2D eigenvalue weighted by Crippen LogP contribution is -2.34. The molecule has 0 bridgehead atoms. The Kier molecular flexibility index (Phi) is 5.53. The highest BCUT2D eigenvalue weighted by Gasteiger charge is 2.25. The van der Waals surface area contributed by atoms with Gasteiger partial charge < -0.3 is 25.8 Å². The third kappa shape index (κ3) is 4.29. The molecule has 2 unspecified atom stereocenters.